The maximum Gasteiger partial charge on any atom is 0.260 e. The molecule has 0 aliphatic heterocycles. The number of anilines is 2. The summed E-state index contributed by atoms with van der Waals surface area (Å²) in [4.78, 5) is 37.5. The highest BCUT2D eigenvalue weighted by Gasteiger charge is 2.19. The topological polar surface area (TPSA) is 111 Å². The Hall–Kier alpha value is -4.41. The summed E-state index contributed by atoms with van der Waals surface area (Å²) in [7, 11) is 3.06. The van der Waals surface area contributed by atoms with Crippen LogP contribution in [0.3, 0.4) is 0 Å². The zero-order valence-corrected chi connectivity index (χ0v) is 26.4. The van der Waals surface area contributed by atoms with Crippen molar-refractivity contribution in [2.75, 3.05) is 51.0 Å². The van der Waals surface area contributed by atoms with Gasteiger partial charge in [0.15, 0.2) is 0 Å². The van der Waals surface area contributed by atoms with Gasteiger partial charge in [0.1, 0.15) is 17.1 Å². The first-order chi connectivity index (χ1) is 21.3. The average molecular weight is 619 g/mol. The first-order valence-electron chi connectivity index (χ1n) is 14.6. The number of ether oxygens (including phenoxy) is 2. The number of aryl methyl sites for hydroxylation is 2. The molecule has 0 radical (unpaired) electrons. The second-order valence-corrected chi connectivity index (χ2v) is 10.5. The molecule has 4 aromatic rings. The fourth-order valence-electron chi connectivity index (χ4n) is 4.91. The lowest BCUT2D eigenvalue weighted by Crippen LogP contribution is -2.26. The van der Waals surface area contributed by atoms with Gasteiger partial charge < -0.3 is 25.0 Å². The third-order valence-corrected chi connectivity index (χ3v) is 7.84. The molecular weight excluding hydrogens is 580 g/mol. The van der Waals surface area contributed by atoms with Crippen molar-refractivity contribution < 1.29 is 14.3 Å². The number of carbonyl (C=O) groups is 1. The van der Waals surface area contributed by atoms with Gasteiger partial charge in [0.2, 0.25) is 11.9 Å². The number of halogens is 1. The van der Waals surface area contributed by atoms with Crippen LogP contribution >= 0.6 is 11.6 Å². The fraction of sp³-hybridized carbons (Fsp3) is 0.333. The highest BCUT2D eigenvalue weighted by atomic mass is 35.5. The summed E-state index contributed by atoms with van der Waals surface area (Å²) >= 11 is 6.71. The van der Waals surface area contributed by atoms with Gasteiger partial charge in [0, 0.05) is 47.6 Å². The molecule has 44 heavy (non-hydrogen) atoms. The molecule has 2 aromatic carbocycles. The van der Waals surface area contributed by atoms with Crippen LogP contribution in [0.15, 0.2) is 66.1 Å². The van der Waals surface area contributed by atoms with Crippen molar-refractivity contribution in [3.05, 3.63) is 82.3 Å². The summed E-state index contributed by atoms with van der Waals surface area (Å²) < 4.78 is 12.6. The second kappa shape index (κ2) is 15.4. The Kier molecular flexibility index (Phi) is 11.3. The Morgan fingerprint density at radius 1 is 1.09 bits per heavy atom. The van der Waals surface area contributed by atoms with E-state index in [0.717, 1.165) is 31.6 Å². The average Bonchev–Trinajstić information content (AvgIpc) is 3.05. The molecule has 11 heteroatoms. The van der Waals surface area contributed by atoms with Crippen molar-refractivity contribution in [2.24, 2.45) is 0 Å². The number of benzene rings is 2. The van der Waals surface area contributed by atoms with Crippen molar-refractivity contribution in [3.63, 3.8) is 0 Å². The van der Waals surface area contributed by atoms with E-state index in [4.69, 9.17) is 26.1 Å². The van der Waals surface area contributed by atoms with Crippen molar-refractivity contribution in [3.8, 4) is 22.6 Å². The van der Waals surface area contributed by atoms with E-state index in [9.17, 15) is 9.59 Å². The number of nitrogens with one attached hydrogen (secondary N) is 2. The van der Waals surface area contributed by atoms with E-state index in [1.54, 1.807) is 36.1 Å². The maximum absolute atomic E-state index is 14.2. The molecule has 0 fully saturated rings. The zero-order chi connectivity index (χ0) is 31.6. The van der Waals surface area contributed by atoms with Gasteiger partial charge in [0.25, 0.3) is 5.56 Å². The van der Waals surface area contributed by atoms with Gasteiger partial charge in [-0.3, -0.25) is 14.2 Å². The van der Waals surface area contributed by atoms with Gasteiger partial charge in [-0.15, -0.1) is 0 Å². The maximum atomic E-state index is 14.2. The van der Waals surface area contributed by atoms with E-state index in [2.05, 4.69) is 40.9 Å². The highest BCUT2D eigenvalue weighted by molar-refractivity contribution is 6.35. The summed E-state index contributed by atoms with van der Waals surface area (Å²) in [5.74, 6) is 1.09. The normalized spacial score (nSPS) is 11.0. The first-order valence-corrected chi connectivity index (χ1v) is 15.0. The van der Waals surface area contributed by atoms with Gasteiger partial charge in [-0.1, -0.05) is 44.2 Å². The summed E-state index contributed by atoms with van der Waals surface area (Å²) in [6, 6.07) is 12.6. The van der Waals surface area contributed by atoms with E-state index >= 15 is 0 Å². The standard InChI is InChI=1S/C33H39ClN6O4/c1-6-29(41)37-24-12-10-22(11-13-24)14-17-40-31-23(21-36-33(38-31)35-15-9-16-39(7-2)8-3)18-27(32(40)42)26-19-25(43-4)20-28(44-5)30(26)34/h6,10-13,18-21H,1,7-9,14-17H2,2-5H3,(H,37,41)(H,35,36,38). The largest absolute Gasteiger partial charge is 0.497 e. The van der Waals surface area contributed by atoms with Gasteiger partial charge in [0.05, 0.1) is 19.2 Å². The number of fused-ring (bicyclic) bond motifs is 1. The molecule has 10 nitrogen and oxygen atoms in total. The number of pyridine rings is 1. The fourth-order valence-corrected chi connectivity index (χ4v) is 5.20. The molecule has 0 unspecified atom stereocenters. The van der Waals surface area contributed by atoms with Crippen LogP contribution in [-0.2, 0) is 17.8 Å². The molecule has 2 heterocycles. The molecule has 2 aromatic heterocycles. The summed E-state index contributed by atoms with van der Waals surface area (Å²) in [6.45, 7) is 11.8. The number of hydrogen-bond acceptors (Lipinski definition) is 8. The van der Waals surface area contributed by atoms with Crippen molar-refractivity contribution in [2.45, 2.75) is 33.2 Å². The molecule has 0 spiro atoms. The molecule has 0 saturated carbocycles. The molecule has 4 rings (SSSR count). The van der Waals surface area contributed by atoms with Crippen LogP contribution in [0, 0.1) is 0 Å². The van der Waals surface area contributed by atoms with Gasteiger partial charge in [-0.2, -0.15) is 4.98 Å². The van der Waals surface area contributed by atoms with Crippen molar-refractivity contribution >= 4 is 40.2 Å². The molecule has 0 saturated heterocycles. The predicted octanol–water partition coefficient (Wildman–Crippen LogP) is 5.64. The Morgan fingerprint density at radius 2 is 1.84 bits per heavy atom. The minimum atomic E-state index is -0.280. The zero-order valence-electron chi connectivity index (χ0n) is 25.7. The lowest BCUT2D eigenvalue weighted by Gasteiger charge is -2.18. The van der Waals surface area contributed by atoms with E-state index < -0.39 is 0 Å². The van der Waals surface area contributed by atoms with Crippen LogP contribution in [0.4, 0.5) is 11.6 Å². The number of methoxy groups -OCH3 is 2. The minimum Gasteiger partial charge on any atom is -0.497 e. The molecule has 0 aliphatic carbocycles. The SMILES string of the molecule is C=CC(=O)Nc1ccc(CCn2c(=O)c(-c3cc(OC)cc(OC)c3Cl)cc3cnc(NCCCN(CC)CC)nc32)cc1. The molecule has 232 valence electrons. The van der Waals surface area contributed by atoms with Crippen LogP contribution in [0.5, 0.6) is 11.5 Å². The molecule has 2 N–H and O–H groups in total. The Morgan fingerprint density at radius 3 is 2.50 bits per heavy atom. The Bertz CT molecular complexity index is 1670. The lowest BCUT2D eigenvalue weighted by atomic mass is 10.0. The Balaban J connectivity index is 1.72. The van der Waals surface area contributed by atoms with Gasteiger partial charge >= 0.3 is 0 Å². The summed E-state index contributed by atoms with van der Waals surface area (Å²) in [5.41, 5.74) is 2.78. The molecule has 0 bridgehead atoms. The molecular formula is C33H39ClN6O4. The number of aromatic nitrogens is 3. The summed E-state index contributed by atoms with van der Waals surface area (Å²) in [5, 5.41) is 7.05. The second-order valence-electron chi connectivity index (χ2n) is 10.1. The van der Waals surface area contributed by atoms with Crippen LogP contribution in [0.1, 0.15) is 25.8 Å². The molecule has 0 aliphatic rings. The van der Waals surface area contributed by atoms with Gasteiger partial charge in [-0.25, -0.2) is 4.98 Å². The van der Waals surface area contributed by atoms with E-state index in [0.29, 0.717) is 69.8 Å². The first kappa shape index (κ1) is 32.5. The van der Waals surface area contributed by atoms with Crippen molar-refractivity contribution in [1.29, 1.82) is 0 Å². The lowest BCUT2D eigenvalue weighted by molar-refractivity contribution is -0.111. The number of rotatable bonds is 15. The number of nitrogens with zero attached hydrogens (tertiary/aromatic N) is 4. The van der Waals surface area contributed by atoms with Gasteiger partial charge in [-0.05, 0) is 68.4 Å². The number of amides is 1. The van der Waals surface area contributed by atoms with E-state index in [1.807, 2.05) is 24.3 Å². The van der Waals surface area contributed by atoms with E-state index in [-0.39, 0.29) is 11.5 Å². The van der Waals surface area contributed by atoms with Crippen molar-refractivity contribution in [1.82, 2.24) is 19.4 Å². The van der Waals surface area contributed by atoms with Crippen LogP contribution in [0.25, 0.3) is 22.2 Å². The monoisotopic (exact) mass is 618 g/mol. The third-order valence-electron chi connectivity index (χ3n) is 7.45. The number of carbonyl (C=O) groups excluding carboxylic acids is 1. The van der Waals surface area contributed by atoms with Crippen LogP contribution < -0.4 is 25.7 Å². The Labute approximate surface area is 262 Å². The molecule has 1 amide bonds. The number of hydrogen-bond donors (Lipinski definition) is 2. The van der Waals surface area contributed by atoms with E-state index in [1.165, 1.54) is 13.2 Å². The predicted molar refractivity (Wildman–Crippen MR) is 177 cm³/mol. The third kappa shape index (κ3) is 7.75. The summed E-state index contributed by atoms with van der Waals surface area (Å²) in [6.07, 6.45) is 4.42. The smallest absolute Gasteiger partial charge is 0.260 e. The van der Waals surface area contributed by atoms with Crippen LogP contribution in [0.2, 0.25) is 5.02 Å². The van der Waals surface area contributed by atoms with Crippen LogP contribution in [-0.4, -0.2) is 65.7 Å². The highest BCUT2D eigenvalue weighted by Crippen LogP contribution is 2.38. The minimum absolute atomic E-state index is 0.254. The molecule has 0 atom stereocenters. The quantitative estimate of drug-likeness (QED) is 0.130.